The van der Waals surface area contributed by atoms with Crippen molar-refractivity contribution in [3.63, 3.8) is 0 Å². The van der Waals surface area contributed by atoms with Crippen LogP contribution in [0.25, 0.3) is 0 Å². The first kappa shape index (κ1) is 13.5. The van der Waals surface area contributed by atoms with Gasteiger partial charge < -0.3 is 5.32 Å². The van der Waals surface area contributed by atoms with Gasteiger partial charge in [-0.25, -0.2) is 0 Å². The van der Waals surface area contributed by atoms with E-state index in [4.69, 9.17) is 5.26 Å². The number of nitrogens with zero attached hydrogens (tertiary/aromatic N) is 2. The summed E-state index contributed by atoms with van der Waals surface area (Å²) in [5, 5.41) is 12.4. The first-order chi connectivity index (χ1) is 7.50. The fourth-order valence-electron chi connectivity index (χ4n) is 2.42. The largest absolute Gasteiger partial charge is 0.315 e. The van der Waals surface area contributed by atoms with E-state index in [-0.39, 0.29) is 0 Å². The highest BCUT2D eigenvalue weighted by molar-refractivity contribution is 4.92. The van der Waals surface area contributed by atoms with E-state index in [9.17, 15) is 0 Å². The van der Waals surface area contributed by atoms with Crippen LogP contribution in [0.15, 0.2) is 0 Å². The summed E-state index contributed by atoms with van der Waals surface area (Å²) in [5.41, 5.74) is 0.299. The van der Waals surface area contributed by atoms with Gasteiger partial charge >= 0.3 is 0 Å². The van der Waals surface area contributed by atoms with E-state index in [0.717, 1.165) is 26.1 Å². The molecular weight excluding hydrogens is 198 g/mol. The fraction of sp³-hybridized carbons (Fsp3) is 0.923. The van der Waals surface area contributed by atoms with Crippen LogP contribution in [0.4, 0.5) is 0 Å². The number of nitriles is 1. The third-order valence-corrected chi connectivity index (χ3v) is 3.55. The summed E-state index contributed by atoms with van der Waals surface area (Å²) < 4.78 is 0. The molecule has 92 valence electrons. The molecule has 1 heterocycles. The van der Waals surface area contributed by atoms with Gasteiger partial charge in [-0.05, 0) is 18.8 Å². The van der Waals surface area contributed by atoms with Gasteiger partial charge in [0.05, 0.1) is 12.5 Å². The maximum atomic E-state index is 8.91. The molecule has 0 aromatic heterocycles. The summed E-state index contributed by atoms with van der Waals surface area (Å²) in [6.45, 7) is 12.2. The van der Waals surface area contributed by atoms with E-state index in [1.165, 1.54) is 0 Å². The molecule has 1 saturated heterocycles. The van der Waals surface area contributed by atoms with Gasteiger partial charge in [-0.2, -0.15) is 5.26 Å². The van der Waals surface area contributed by atoms with Crippen LogP contribution in [0.3, 0.4) is 0 Å². The lowest BCUT2D eigenvalue weighted by Crippen LogP contribution is -2.46. The lowest BCUT2D eigenvalue weighted by molar-refractivity contribution is 0.111. The lowest BCUT2D eigenvalue weighted by atomic mass is 9.92. The minimum Gasteiger partial charge on any atom is -0.315 e. The highest BCUT2D eigenvalue weighted by Gasteiger charge is 2.32. The maximum Gasteiger partial charge on any atom is 0.0638 e. The quantitative estimate of drug-likeness (QED) is 0.795. The Hall–Kier alpha value is -0.590. The van der Waals surface area contributed by atoms with Crippen LogP contribution in [0.2, 0.25) is 0 Å². The summed E-state index contributed by atoms with van der Waals surface area (Å²) in [5.74, 6) is 0. The third-order valence-electron chi connectivity index (χ3n) is 3.55. The average molecular weight is 223 g/mol. The van der Waals surface area contributed by atoms with Crippen LogP contribution in [-0.2, 0) is 0 Å². The second-order valence-corrected chi connectivity index (χ2v) is 5.74. The van der Waals surface area contributed by atoms with Crippen molar-refractivity contribution in [2.75, 3.05) is 19.6 Å². The van der Waals surface area contributed by atoms with Crippen LogP contribution in [0.5, 0.6) is 0 Å². The molecule has 1 rings (SSSR count). The van der Waals surface area contributed by atoms with Crippen LogP contribution < -0.4 is 5.32 Å². The molecule has 16 heavy (non-hydrogen) atoms. The Bertz CT molecular complexity index is 254. The minimum atomic E-state index is 0.299. The second kappa shape index (κ2) is 5.65. The van der Waals surface area contributed by atoms with Crippen LogP contribution in [0, 0.1) is 16.7 Å². The molecule has 0 aliphatic carbocycles. The van der Waals surface area contributed by atoms with Crippen LogP contribution in [-0.4, -0.2) is 36.6 Å². The van der Waals surface area contributed by atoms with E-state index in [0.29, 0.717) is 23.9 Å². The smallest absolute Gasteiger partial charge is 0.0638 e. The Balaban J connectivity index is 2.79. The molecule has 0 spiro atoms. The van der Waals surface area contributed by atoms with Gasteiger partial charge in [0.25, 0.3) is 0 Å². The van der Waals surface area contributed by atoms with Crippen molar-refractivity contribution < 1.29 is 0 Å². The summed E-state index contributed by atoms with van der Waals surface area (Å²) in [4.78, 5) is 2.52. The van der Waals surface area contributed by atoms with E-state index >= 15 is 0 Å². The predicted molar refractivity (Wildman–Crippen MR) is 67.1 cm³/mol. The van der Waals surface area contributed by atoms with Crippen molar-refractivity contribution in [1.82, 2.24) is 10.2 Å². The van der Waals surface area contributed by atoms with E-state index in [1.807, 2.05) is 0 Å². The number of nitrogens with one attached hydrogen (secondary N) is 1. The predicted octanol–water partition coefficient (Wildman–Crippen LogP) is 2.00. The zero-order valence-corrected chi connectivity index (χ0v) is 11.1. The van der Waals surface area contributed by atoms with Crippen molar-refractivity contribution in [3.8, 4) is 6.07 Å². The molecule has 1 N–H and O–H groups in total. The average Bonchev–Trinajstić information content (AvgIpc) is 2.37. The molecule has 0 saturated carbocycles. The molecule has 1 aliphatic heterocycles. The summed E-state index contributed by atoms with van der Waals surface area (Å²) in [6.07, 6.45) is 1.78. The van der Waals surface area contributed by atoms with E-state index < -0.39 is 0 Å². The highest BCUT2D eigenvalue weighted by Crippen LogP contribution is 2.24. The SMILES string of the molecule is CCC(C)N1CC(C)(C)CNCC1CC#N. The second-order valence-electron chi connectivity index (χ2n) is 5.74. The van der Waals surface area contributed by atoms with Crippen molar-refractivity contribution in [2.45, 2.75) is 52.6 Å². The van der Waals surface area contributed by atoms with Gasteiger partial charge in [0.15, 0.2) is 0 Å². The topological polar surface area (TPSA) is 39.1 Å². The Kier molecular flexibility index (Phi) is 4.76. The Morgan fingerprint density at radius 2 is 2.25 bits per heavy atom. The number of rotatable bonds is 3. The third kappa shape index (κ3) is 3.47. The molecule has 0 amide bonds. The molecule has 0 bridgehead atoms. The standard InChI is InChI=1S/C13H25N3/c1-5-11(2)16-10-13(3,4)9-15-8-12(16)6-7-14/h11-12,15H,5-6,8-10H2,1-4H3. The molecule has 0 aromatic rings. The zero-order chi connectivity index (χ0) is 12.2. The van der Waals surface area contributed by atoms with Gasteiger partial charge in [0.2, 0.25) is 0 Å². The van der Waals surface area contributed by atoms with Gasteiger partial charge in [-0.3, -0.25) is 4.90 Å². The molecule has 3 nitrogen and oxygen atoms in total. The molecule has 0 radical (unpaired) electrons. The molecule has 1 fully saturated rings. The first-order valence-corrected chi connectivity index (χ1v) is 6.33. The Labute approximate surface area is 99.8 Å². The van der Waals surface area contributed by atoms with Crippen molar-refractivity contribution in [3.05, 3.63) is 0 Å². The minimum absolute atomic E-state index is 0.299. The summed E-state index contributed by atoms with van der Waals surface area (Å²) >= 11 is 0. The molecule has 2 unspecified atom stereocenters. The normalized spacial score (nSPS) is 28.1. The van der Waals surface area contributed by atoms with Gasteiger partial charge in [-0.1, -0.05) is 20.8 Å². The Morgan fingerprint density at radius 1 is 1.56 bits per heavy atom. The highest BCUT2D eigenvalue weighted by atomic mass is 15.2. The molecular formula is C13H25N3. The maximum absolute atomic E-state index is 8.91. The van der Waals surface area contributed by atoms with Crippen molar-refractivity contribution in [2.24, 2.45) is 5.41 Å². The van der Waals surface area contributed by atoms with Crippen LogP contribution in [0.1, 0.15) is 40.5 Å². The van der Waals surface area contributed by atoms with Crippen LogP contribution >= 0.6 is 0 Å². The molecule has 1 aliphatic rings. The molecule has 0 aromatic carbocycles. The van der Waals surface area contributed by atoms with Gasteiger partial charge in [0, 0.05) is 31.7 Å². The molecule has 2 atom stereocenters. The first-order valence-electron chi connectivity index (χ1n) is 6.33. The molecule has 3 heteroatoms. The van der Waals surface area contributed by atoms with Gasteiger partial charge in [-0.15, -0.1) is 0 Å². The number of hydrogen-bond donors (Lipinski definition) is 1. The summed E-state index contributed by atoms with van der Waals surface area (Å²) in [6, 6.07) is 3.26. The number of hydrogen-bond acceptors (Lipinski definition) is 3. The van der Waals surface area contributed by atoms with Crippen molar-refractivity contribution >= 4 is 0 Å². The monoisotopic (exact) mass is 223 g/mol. The summed E-state index contributed by atoms with van der Waals surface area (Å²) in [7, 11) is 0. The van der Waals surface area contributed by atoms with E-state index in [2.05, 4.69) is 44.0 Å². The Morgan fingerprint density at radius 3 is 2.81 bits per heavy atom. The van der Waals surface area contributed by atoms with Crippen molar-refractivity contribution in [1.29, 1.82) is 5.26 Å². The fourth-order valence-corrected chi connectivity index (χ4v) is 2.42. The van der Waals surface area contributed by atoms with E-state index in [1.54, 1.807) is 0 Å². The lowest BCUT2D eigenvalue weighted by Gasteiger charge is -2.37. The zero-order valence-electron chi connectivity index (χ0n) is 11.1. The van der Waals surface area contributed by atoms with Gasteiger partial charge in [0.1, 0.15) is 0 Å².